The Morgan fingerprint density at radius 3 is 2.42 bits per heavy atom. The van der Waals surface area contributed by atoms with Crippen molar-refractivity contribution in [2.45, 2.75) is 57.9 Å². The van der Waals surface area contributed by atoms with E-state index in [0.29, 0.717) is 6.42 Å². The molecule has 5 nitrogen and oxygen atoms in total. The number of likely N-dealkylation sites (tertiary alicyclic amines) is 2. The minimum absolute atomic E-state index is 0.0769. The van der Waals surface area contributed by atoms with Gasteiger partial charge in [-0.15, -0.1) is 0 Å². The molecule has 31 heavy (non-hydrogen) atoms. The molecule has 4 rings (SSSR count). The van der Waals surface area contributed by atoms with E-state index in [1.165, 1.54) is 63.8 Å². The Kier molecular flexibility index (Phi) is 7.71. The van der Waals surface area contributed by atoms with E-state index in [4.69, 9.17) is 0 Å². The Morgan fingerprint density at radius 1 is 1.00 bits per heavy atom. The van der Waals surface area contributed by atoms with E-state index in [9.17, 15) is 4.79 Å². The molecule has 2 aliphatic heterocycles. The number of piperidine rings is 2. The minimum atomic E-state index is 0.0769. The first-order chi connectivity index (χ1) is 15.2. The van der Waals surface area contributed by atoms with Gasteiger partial charge in [-0.2, -0.15) is 0 Å². The molecular formula is C26H36N4O. The van der Waals surface area contributed by atoms with Crippen molar-refractivity contribution >= 4 is 11.6 Å². The van der Waals surface area contributed by atoms with Gasteiger partial charge in [-0.05, 0) is 83.9 Å². The lowest BCUT2D eigenvalue weighted by Crippen LogP contribution is -2.46. The molecular weight excluding hydrogens is 384 g/mol. The predicted molar refractivity (Wildman–Crippen MR) is 127 cm³/mol. The van der Waals surface area contributed by atoms with Gasteiger partial charge in [0.15, 0.2) is 0 Å². The standard InChI is InChI=1S/C26H36N4O/c1-21-7-9-22(10-8-21)25-12-11-23(20-27-25)28-26(31)6-5-15-29-18-13-24(14-19-29)30-16-3-2-4-17-30/h7-12,20,24H,2-6,13-19H2,1H3,(H,28,31). The van der Waals surface area contributed by atoms with Crippen LogP contribution in [0.25, 0.3) is 11.3 Å². The van der Waals surface area contributed by atoms with Crippen LogP contribution >= 0.6 is 0 Å². The zero-order valence-corrected chi connectivity index (χ0v) is 18.9. The first kappa shape index (κ1) is 22.0. The van der Waals surface area contributed by atoms with Crippen LogP contribution in [0.3, 0.4) is 0 Å². The molecule has 2 aromatic rings. The third kappa shape index (κ3) is 6.37. The summed E-state index contributed by atoms with van der Waals surface area (Å²) in [6.45, 7) is 8.04. The third-order valence-electron chi connectivity index (χ3n) is 6.74. The van der Waals surface area contributed by atoms with E-state index in [1.807, 2.05) is 12.1 Å². The molecule has 0 unspecified atom stereocenters. The summed E-state index contributed by atoms with van der Waals surface area (Å²) in [6, 6.07) is 13.0. The first-order valence-electron chi connectivity index (χ1n) is 12.0. The molecule has 3 heterocycles. The molecule has 2 aliphatic rings. The van der Waals surface area contributed by atoms with E-state index in [-0.39, 0.29) is 5.91 Å². The van der Waals surface area contributed by atoms with Gasteiger partial charge in [0, 0.05) is 18.0 Å². The lowest BCUT2D eigenvalue weighted by atomic mass is 10.00. The van der Waals surface area contributed by atoms with Crippen LogP contribution in [-0.4, -0.2) is 59.5 Å². The highest BCUT2D eigenvalue weighted by Gasteiger charge is 2.25. The van der Waals surface area contributed by atoms with Crippen LogP contribution in [0, 0.1) is 6.92 Å². The van der Waals surface area contributed by atoms with Crippen LogP contribution < -0.4 is 5.32 Å². The van der Waals surface area contributed by atoms with Crippen LogP contribution in [0.5, 0.6) is 0 Å². The third-order valence-corrected chi connectivity index (χ3v) is 6.74. The number of rotatable bonds is 7. The molecule has 0 radical (unpaired) electrons. The SMILES string of the molecule is Cc1ccc(-c2ccc(NC(=O)CCCN3CCC(N4CCCCC4)CC3)cn2)cc1. The zero-order chi connectivity index (χ0) is 21.5. The molecule has 0 atom stereocenters. The molecule has 0 aliphatic carbocycles. The molecule has 0 spiro atoms. The Labute approximate surface area is 186 Å². The molecule has 0 saturated carbocycles. The number of nitrogens with zero attached hydrogens (tertiary/aromatic N) is 3. The first-order valence-corrected chi connectivity index (χ1v) is 12.0. The van der Waals surface area contributed by atoms with Crippen molar-refractivity contribution in [2.24, 2.45) is 0 Å². The van der Waals surface area contributed by atoms with Crippen molar-refractivity contribution in [3.8, 4) is 11.3 Å². The number of hydrogen-bond acceptors (Lipinski definition) is 4. The molecule has 5 heteroatoms. The lowest BCUT2D eigenvalue weighted by molar-refractivity contribution is -0.116. The van der Waals surface area contributed by atoms with Gasteiger partial charge in [0.1, 0.15) is 0 Å². The van der Waals surface area contributed by atoms with Gasteiger partial charge in [0.05, 0.1) is 17.6 Å². The maximum atomic E-state index is 12.3. The fourth-order valence-corrected chi connectivity index (χ4v) is 4.84. The summed E-state index contributed by atoms with van der Waals surface area (Å²) in [5.74, 6) is 0.0769. The number of nitrogens with one attached hydrogen (secondary N) is 1. The van der Waals surface area contributed by atoms with Gasteiger partial charge in [-0.25, -0.2) is 0 Å². The van der Waals surface area contributed by atoms with Crippen LogP contribution in [0.2, 0.25) is 0 Å². The average molecular weight is 421 g/mol. The monoisotopic (exact) mass is 420 g/mol. The molecule has 2 saturated heterocycles. The Hall–Kier alpha value is -2.24. The smallest absolute Gasteiger partial charge is 0.224 e. The highest BCUT2D eigenvalue weighted by molar-refractivity contribution is 5.90. The van der Waals surface area contributed by atoms with Crippen LogP contribution in [0.15, 0.2) is 42.6 Å². The highest BCUT2D eigenvalue weighted by atomic mass is 16.1. The summed E-state index contributed by atoms with van der Waals surface area (Å²) >= 11 is 0. The number of carbonyl (C=O) groups is 1. The van der Waals surface area contributed by atoms with E-state index in [2.05, 4.69) is 51.3 Å². The Bertz CT molecular complexity index is 819. The second kappa shape index (κ2) is 10.9. The summed E-state index contributed by atoms with van der Waals surface area (Å²) in [5, 5.41) is 2.99. The van der Waals surface area contributed by atoms with E-state index < -0.39 is 0 Å². The van der Waals surface area contributed by atoms with E-state index in [1.54, 1.807) is 6.20 Å². The molecule has 1 aromatic heterocycles. The second-order valence-electron chi connectivity index (χ2n) is 9.12. The fraction of sp³-hybridized carbons (Fsp3) is 0.538. The van der Waals surface area contributed by atoms with Crippen molar-refractivity contribution < 1.29 is 4.79 Å². The van der Waals surface area contributed by atoms with Gasteiger partial charge in [0.25, 0.3) is 0 Å². The average Bonchev–Trinajstić information content (AvgIpc) is 2.81. The Morgan fingerprint density at radius 2 is 1.74 bits per heavy atom. The summed E-state index contributed by atoms with van der Waals surface area (Å²) in [5.41, 5.74) is 4.01. The predicted octanol–water partition coefficient (Wildman–Crippen LogP) is 4.73. The number of aryl methyl sites for hydroxylation is 1. The molecule has 1 amide bonds. The van der Waals surface area contributed by atoms with Gasteiger partial charge in [0.2, 0.25) is 5.91 Å². The lowest BCUT2D eigenvalue weighted by Gasteiger charge is -2.40. The summed E-state index contributed by atoms with van der Waals surface area (Å²) in [7, 11) is 0. The number of amides is 1. The topological polar surface area (TPSA) is 48.5 Å². The quantitative estimate of drug-likeness (QED) is 0.704. The highest BCUT2D eigenvalue weighted by Crippen LogP contribution is 2.21. The van der Waals surface area contributed by atoms with Crippen LogP contribution in [0.1, 0.15) is 50.5 Å². The summed E-state index contributed by atoms with van der Waals surface area (Å²) in [4.78, 5) is 22.1. The van der Waals surface area contributed by atoms with Crippen molar-refractivity contribution in [1.82, 2.24) is 14.8 Å². The number of aromatic nitrogens is 1. The van der Waals surface area contributed by atoms with Gasteiger partial charge in [-0.3, -0.25) is 9.78 Å². The van der Waals surface area contributed by atoms with Crippen LogP contribution in [0.4, 0.5) is 5.69 Å². The number of carbonyl (C=O) groups excluding carboxylic acids is 1. The zero-order valence-electron chi connectivity index (χ0n) is 18.9. The summed E-state index contributed by atoms with van der Waals surface area (Å²) < 4.78 is 0. The fourth-order valence-electron chi connectivity index (χ4n) is 4.84. The van der Waals surface area contributed by atoms with Crippen molar-refractivity contribution in [1.29, 1.82) is 0 Å². The minimum Gasteiger partial charge on any atom is -0.325 e. The van der Waals surface area contributed by atoms with E-state index in [0.717, 1.165) is 36.0 Å². The maximum absolute atomic E-state index is 12.3. The van der Waals surface area contributed by atoms with Crippen molar-refractivity contribution in [3.05, 3.63) is 48.2 Å². The molecule has 0 bridgehead atoms. The van der Waals surface area contributed by atoms with Crippen LogP contribution in [-0.2, 0) is 4.79 Å². The van der Waals surface area contributed by atoms with E-state index >= 15 is 0 Å². The number of benzene rings is 1. The van der Waals surface area contributed by atoms with Crippen molar-refractivity contribution in [3.63, 3.8) is 0 Å². The largest absolute Gasteiger partial charge is 0.325 e. The molecule has 2 fully saturated rings. The number of hydrogen-bond donors (Lipinski definition) is 1. The number of anilines is 1. The number of pyridine rings is 1. The molecule has 1 aromatic carbocycles. The van der Waals surface area contributed by atoms with Gasteiger partial charge >= 0.3 is 0 Å². The molecule has 1 N–H and O–H groups in total. The normalized spacial score (nSPS) is 18.7. The second-order valence-corrected chi connectivity index (χ2v) is 9.12. The van der Waals surface area contributed by atoms with Gasteiger partial charge < -0.3 is 15.1 Å². The van der Waals surface area contributed by atoms with Crippen molar-refractivity contribution in [2.75, 3.05) is 38.0 Å². The summed E-state index contributed by atoms with van der Waals surface area (Å²) in [6.07, 6.45) is 9.94. The maximum Gasteiger partial charge on any atom is 0.224 e. The molecule has 166 valence electrons. The van der Waals surface area contributed by atoms with Gasteiger partial charge in [-0.1, -0.05) is 36.2 Å². The Balaban J connectivity index is 1.15.